The molecule has 104 valence electrons. The van der Waals surface area contributed by atoms with Crippen LogP contribution in [0.5, 0.6) is 11.6 Å². The summed E-state index contributed by atoms with van der Waals surface area (Å²) in [6, 6.07) is 7.41. The number of anilines is 1. The number of ether oxygens (including phenoxy) is 1. The van der Waals surface area contributed by atoms with E-state index in [4.69, 9.17) is 10.5 Å². The molecule has 1 aromatic carbocycles. The van der Waals surface area contributed by atoms with Gasteiger partial charge in [-0.1, -0.05) is 19.9 Å². The van der Waals surface area contributed by atoms with E-state index in [2.05, 4.69) is 30.4 Å². The molecule has 0 aliphatic heterocycles. The Morgan fingerprint density at radius 3 is 2.80 bits per heavy atom. The Hall–Kier alpha value is -2.36. The minimum Gasteiger partial charge on any atom is -0.439 e. The summed E-state index contributed by atoms with van der Waals surface area (Å²) >= 11 is 0. The molecule has 0 aliphatic rings. The van der Waals surface area contributed by atoms with E-state index in [1.807, 2.05) is 30.3 Å². The molecule has 0 atom stereocenters. The van der Waals surface area contributed by atoms with Gasteiger partial charge in [0.15, 0.2) is 0 Å². The average molecular weight is 269 g/mol. The number of rotatable bonds is 5. The first-order chi connectivity index (χ1) is 9.60. The first kappa shape index (κ1) is 14.1. The lowest BCUT2D eigenvalue weighted by Crippen LogP contribution is -1.98. The Kier molecular flexibility index (Phi) is 4.35. The van der Waals surface area contributed by atoms with E-state index >= 15 is 0 Å². The van der Waals surface area contributed by atoms with Gasteiger partial charge < -0.3 is 10.5 Å². The predicted octanol–water partition coefficient (Wildman–Crippen LogP) is 3.70. The lowest BCUT2D eigenvalue weighted by molar-refractivity contribution is 0.455. The molecule has 0 radical (unpaired) electrons. The molecule has 0 saturated heterocycles. The zero-order valence-corrected chi connectivity index (χ0v) is 11.8. The van der Waals surface area contributed by atoms with Gasteiger partial charge in [-0.25, -0.2) is 9.97 Å². The molecule has 20 heavy (non-hydrogen) atoms. The third-order valence-corrected chi connectivity index (χ3v) is 2.92. The van der Waals surface area contributed by atoms with Gasteiger partial charge in [-0.2, -0.15) is 0 Å². The molecule has 0 fully saturated rings. The summed E-state index contributed by atoms with van der Waals surface area (Å²) in [7, 11) is 0. The minimum absolute atomic E-state index is 0.333. The molecule has 0 bridgehead atoms. The molecule has 0 spiro atoms. The summed E-state index contributed by atoms with van der Waals surface area (Å²) < 4.78 is 5.85. The van der Waals surface area contributed by atoms with Crippen molar-refractivity contribution in [2.45, 2.75) is 26.2 Å². The van der Waals surface area contributed by atoms with Crippen molar-refractivity contribution in [1.29, 1.82) is 0 Å². The largest absolute Gasteiger partial charge is 0.439 e. The maximum Gasteiger partial charge on any atom is 0.222 e. The summed E-state index contributed by atoms with van der Waals surface area (Å²) in [4.78, 5) is 8.38. The van der Waals surface area contributed by atoms with Crippen molar-refractivity contribution < 1.29 is 4.74 Å². The second-order valence-electron chi connectivity index (χ2n) is 4.90. The van der Waals surface area contributed by atoms with Crippen LogP contribution in [0.3, 0.4) is 0 Å². The predicted molar refractivity (Wildman–Crippen MR) is 81.0 cm³/mol. The molecular weight excluding hydrogens is 250 g/mol. The highest BCUT2D eigenvalue weighted by molar-refractivity contribution is 5.49. The van der Waals surface area contributed by atoms with Crippen LogP contribution in [0.15, 0.2) is 43.2 Å². The third kappa shape index (κ3) is 3.35. The minimum atomic E-state index is 0.333. The number of hydrogen-bond acceptors (Lipinski definition) is 4. The highest BCUT2D eigenvalue weighted by atomic mass is 16.5. The molecule has 2 rings (SSSR count). The number of benzene rings is 1. The van der Waals surface area contributed by atoms with Crippen LogP contribution in [0.1, 0.15) is 31.0 Å². The van der Waals surface area contributed by atoms with Gasteiger partial charge >= 0.3 is 0 Å². The first-order valence-electron chi connectivity index (χ1n) is 6.59. The maximum absolute atomic E-state index is 5.85. The van der Waals surface area contributed by atoms with Crippen molar-refractivity contribution >= 4 is 5.69 Å². The standard InChI is InChI=1S/C16H19N3O/c1-4-5-12-8-13(17)6-7-15(12)20-16-9-14(11(2)3)18-10-19-16/h4,6-11H,1,5,17H2,2-3H3. The summed E-state index contributed by atoms with van der Waals surface area (Å²) in [6.07, 6.45) is 4.04. The Balaban J connectivity index is 2.29. The van der Waals surface area contributed by atoms with Crippen LogP contribution < -0.4 is 10.5 Å². The van der Waals surface area contributed by atoms with Gasteiger partial charge in [-0.05, 0) is 30.5 Å². The van der Waals surface area contributed by atoms with E-state index in [9.17, 15) is 0 Å². The molecule has 2 aromatic rings. The molecule has 4 heteroatoms. The van der Waals surface area contributed by atoms with E-state index < -0.39 is 0 Å². The molecule has 4 nitrogen and oxygen atoms in total. The third-order valence-electron chi connectivity index (χ3n) is 2.92. The number of allylic oxidation sites excluding steroid dienone is 1. The van der Waals surface area contributed by atoms with Crippen molar-refractivity contribution in [3.8, 4) is 11.6 Å². The quantitative estimate of drug-likeness (QED) is 0.664. The van der Waals surface area contributed by atoms with Crippen LogP contribution >= 0.6 is 0 Å². The molecule has 1 heterocycles. The van der Waals surface area contributed by atoms with Crippen LogP contribution in [-0.4, -0.2) is 9.97 Å². The molecule has 0 aliphatic carbocycles. The van der Waals surface area contributed by atoms with Gasteiger partial charge in [-0.15, -0.1) is 6.58 Å². The van der Waals surface area contributed by atoms with Gasteiger partial charge in [0.05, 0.1) is 5.69 Å². The highest BCUT2D eigenvalue weighted by Gasteiger charge is 2.08. The fourth-order valence-corrected chi connectivity index (χ4v) is 1.85. The van der Waals surface area contributed by atoms with Crippen LogP contribution in [-0.2, 0) is 6.42 Å². The number of nitrogen functional groups attached to an aromatic ring is 1. The van der Waals surface area contributed by atoms with E-state index in [1.54, 1.807) is 0 Å². The molecular formula is C16H19N3O. The topological polar surface area (TPSA) is 61.0 Å². The van der Waals surface area contributed by atoms with Gasteiger partial charge in [0, 0.05) is 17.3 Å². The van der Waals surface area contributed by atoms with Gasteiger partial charge in [-0.3, -0.25) is 0 Å². The number of nitrogens with two attached hydrogens (primary N) is 1. The Morgan fingerprint density at radius 2 is 2.10 bits per heavy atom. The van der Waals surface area contributed by atoms with Crippen molar-refractivity contribution in [3.63, 3.8) is 0 Å². The summed E-state index contributed by atoms with van der Waals surface area (Å²) in [5.41, 5.74) is 8.45. The van der Waals surface area contributed by atoms with Gasteiger partial charge in [0.25, 0.3) is 0 Å². The van der Waals surface area contributed by atoms with Crippen LogP contribution in [0.25, 0.3) is 0 Å². The second-order valence-corrected chi connectivity index (χ2v) is 4.90. The maximum atomic E-state index is 5.85. The number of hydrogen-bond donors (Lipinski definition) is 1. The van der Waals surface area contributed by atoms with Crippen LogP contribution in [0, 0.1) is 0 Å². The molecule has 2 N–H and O–H groups in total. The van der Waals surface area contributed by atoms with E-state index in [1.165, 1.54) is 6.33 Å². The van der Waals surface area contributed by atoms with Crippen molar-refractivity contribution in [2.75, 3.05) is 5.73 Å². The lowest BCUT2D eigenvalue weighted by Gasteiger charge is -2.11. The van der Waals surface area contributed by atoms with Gasteiger partial charge in [0.1, 0.15) is 12.1 Å². The fraction of sp³-hybridized carbons (Fsp3) is 0.250. The first-order valence-corrected chi connectivity index (χ1v) is 6.59. The van der Waals surface area contributed by atoms with Gasteiger partial charge in [0.2, 0.25) is 5.88 Å². The van der Waals surface area contributed by atoms with Crippen molar-refractivity contribution in [2.24, 2.45) is 0 Å². The van der Waals surface area contributed by atoms with E-state index in [0.29, 0.717) is 23.9 Å². The second kappa shape index (κ2) is 6.19. The van der Waals surface area contributed by atoms with Crippen LogP contribution in [0.2, 0.25) is 0 Å². The normalized spacial score (nSPS) is 10.6. The van der Waals surface area contributed by atoms with Crippen LogP contribution in [0.4, 0.5) is 5.69 Å². The Labute approximate surface area is 119 Å². The summed E-state index contributed by atoms with van der Waals surface area (Å²) in [6.45, 7) is 7.91. The average Bonchev–Trinajstić information content (AvgIpc) is 2.42. The molecule has 0 unspecified atom stereocenters. The fourth-order valence-electron chi connectivity index (χ4n) is 1.85. The summed E-state index contributed by atoms with van der Waals surface area (Å²) in [5.74, 6) is 1.62. The molecule has 1 aromatic heterocycles. The Bertz CT molecular complexity index is 608. The molecule has 0 saturated carbocycles. The SMILES string of the molecule is C=CCc1cc(N)ccc1Oc1cc(C(C)C)ncn1. The monoisotopic (exact) mass is 269 g/mol. The zero-order chi connectivity index (χ0) is 14.5. The van der Waals surface area contributed by atoms with Crippen molar-refractivity contribution in [1.82, 2.24) is 9.97 Å². The summed E-state index contributed by atoms with van der Waals surface area (Å²) in [5, 5.41) is 0. The highest BCUT2D eigenvalue weighted by Crippen LogP contribution is 2.27. The lowest BCUT2D eigenvalue weighted by atomic mass is 10.1. The smallest absolute Gasteiger partial charge is 0.222 e. The zero-order valence-electron chi connectivity index (χ0n) is 11.8. The number of nitrogens with zero attached hydrogens (tertiary/aromatic N) is 2. The van der Waals surface area contributed by atoms with E-state index in [-0.39, 0.29) is 0 Å². The number of aromatic nitrogens is 2. The van der Waals surface area contributed by atoms with E-state index in [0.717, 1.165) is 17.0 Å². The molecule has 0 amide bonds. The Morgan fingerprint density at radius 1 is 1.30 bits per heavy atom. The van der Waals surface area contributed by atoms with Crippen molar-refractivity contribution in [3.05, 3.63) is 54.5 Å².